The molecule has 0 spiro atoms. The normalized spacial score (nSPS) is 13.9. The highest BCUT2D eigenvalue weighted by atomic mass is 35.5. The van der Waals surface area contributed by atoms with Crippen molar-refractivity contribution in [3.63, 3.8) is 0 Å². The Labute approximate surface area is 190 Å². The number of hydrogen-bond donors (Lipinski definition) is 2. The first-order chi connectivity index (χ1) is 14.8. The zero-order chi connectivity index (χ0) is 22.0. The van der Waals surface area contributed by atoms with Gasteiger partial charge in [-0.3, -0.25) is 4.79 Å². The molecule has 0 unspecified atom stereocenters. The second-order valence-corrected chi connectivity index (χ2v) is 9.19. The van der Waals surface area contributed by atoms with Crippen molar-refractivity contribution in [3.8, 4) is 0 Å². The molecule has 1 aliphatic rings. The number of hydrogen-bond acceptors (Lipinski definition) is 4. The first-order valence-electron chi connectivity index (χ1n) is 9.38. The van der Waals surface area contributed by atoms with E-state index >= 15 is 0 Å². The summed E-state index contributed by atoms with van der Waals surface area (Å²) in [5.41, 5.74) is 2.47. The quantitative estimate of drug-likeness (QED) is 0.569. The van der Waals surface area contributed by atoms with E-state index in [0.29, 0.717) is 39.8 Å². The number of nitrogens with zero attached hydrogens (tertiary/aromatic N) is 1. The van der Waals surface area contributed by atoms with Crippen molar-refractivity contribution in [2.75, 3.05) is 11.9 Å². The lowest BCUT2D eigenvalue weighted by Gasteiger charge is -2.09. The monoisotopic (exact) mass is 473 g/mol. The van der Waals surface area contributed by atoms with E-state index < -0.39 is 10.0 Å². The fourth-order valence-electron chi connectivity index (χ4n) is 3.19. The number of nitrogens with one attached hydrogen (secondary N) is 2. The lowest BCUT2D eigenvalue weighted by atomic mass is 10.1. The van der Waals surface area contributed by atoms with Gasteiger partial charge >= 0.3 is 0 Å². The molecule has 6 nitrogen and oxygen atoms in total. The minimum absolute atomic E-state index is 0.174. The van der Waals surface area contributed by atoms with Gasteiger partial charge in [0.15, 0.2) is 5.84 Å². The summed E-state index contributed by atoms with van der Waals surface area (Å²) in [5.74, 6) is 0.0297. The molecule has 0 saturated carbocycles. The highest BCUT2D eigenvalue weighted by Crippen LogP contribution is 2.27. The number of amidine groups is 1. The molecule has 1 amide bonds. The molecule has 0 aromatic heterocycles. The predicted octanol–water partition coefficient (Wildman–Crippen LogP) is 4.53. The standard InChI is InChI=1S/C22H17Cl2N3O3S/c23-18-6-3-4-14(20(18)24)12-13-25-22(28)15-8-10-16(11-9-15)26-21-17-5-1-2-7-19(17)31(29,30)27-21/h1-11H,12-13H2,(H,25,28)(H,26,27). The third-order valence-electron chi connectivity index (χ3n) is 4.75. The van der Waals surface area contributed by atoms with Crippen LogP contribution in [0.1, 0.15) is 21.5 Å². The molecule has 158 valence electrons. The van der Waals surface area contributed by atoms with Gasteiger partial charge in [-0.25, -0.2) is 0 Å². The Morgan fingerprint density at radius 2 is 1.68 bits per heavy atom. The zero-order valence-electron chi connectivity index (χ0n) is 16.1. The molecule has 1 heterocycles. The van der Waals surface area contributed by atoms with E-state index in [1.807, 2.05) is 12.1 Å². The maximum Gasteiger partial charge on any atom is 0.285 e. The highest BCUT2D eigenvalue weighted by Gasteiger charge is 2.28. The van der Waals surface area contributed by atoms with Crippen LogP contribution in [0.3, 0.4) is 0 Å². The Bertz CT molecular complexity index is 1290. The topological polar surface area (TPSA) is 87.6 Å². The van der Waals surface area contributed by atoms with Gasteiger partial charge in [0.05, 0.1) is 10.0 Å². The maximum absolute atomic E-state index is 12.4. The van der Waals surface area contributed by atoms with E-state index in [0.717, 1.165) is 5.56 Å². The Balaban J connectivity index is 1.38. The third kappa shape index (κ3) is 4.58. The Hall–Kier alpha value is -2.87. The van der Waals surface area contributed by atoms with Crippen LogP contribution in [0.25, 0.3) is 0 Å². The molecule has 3 aromatic carbocycles. The fourth-order valence-corrected chi connectivity index (χ4v) is 4.78. The van der Waals surface area contributed by atoms with Crippen molar-refractivity contribution in [2.45, 2.75) is 11.3 Å². The van der Waals surface area contributed by atoms with Gasteiger partial charge in [0.25, 0.3) is 15.9 Å². The molecular weight excluding hydrogens is 457 g/mol. The largest absolute Gasteiger partial charge is 0.352 e. The summed E-state index contributed by atoms with van der Waals surface area (Å²) in [7, 11) is -3.69. The smallest absolute Gasteiger partial charge is 0.285 e. The van der Waals surface area contributed by atoms with Crippen molar-refractivity contribution < 1.29 is 13.2 Å². The summed E-state index contributed by atoms with van der Waals surface area (Å²) in [5, 5.41) is 6.83. The second-order valence-electron chi connectivity index (χ2n) is 6.83. The predicted molar refractivity (Wildman–Crippen MR) is 123 cm³/mol. The summed E-state index contributed by atoms with van der Waals surface area (Å²) in [6, 6.07) is 18.7. The molecule has 0 fully saturated rings. The minimum atomic E-state index is -3.69. The van der Waals surface area contributed by atoms with Gasteiger partial charge in [0, 0.05) is 23.4 Å². The van der Waals surface area contributed by atoms with E-state index in [-0.39, 0.29) is 16.6 Å². The van der Waals surface area contributed by atoms with E-state index in [9.17, 15) is 13.2 Å². The Kier molecular flexibility index (Phi) is 6.00. The molecule has 0 atom stereocenters. The number of fused-ring (bicyclic) bond motifs is 1. The summed E-state index contributed by atoms with van der Waals surface area (Å²) < 4.78 is 28.1. The second kappa shape index (κ2) is 8.70. The molecule has 0 saturated heterocycles. The zero-order valence-corrected chi connectivity index (χ0v) is 18.4. The SMILES string of the molecule is O=C(NCCc1cccc(Cl)c1Cl)c1ccc(NC2=NS(=O)(=O)c3ccccc32)cc1. The molecule has 1 aliphatic heterocycles. The lowest BCUT2D eigenvalue weighted by molar-refractivity contribution is 0.0954. The van der Waals surface area contributed by atoms with Crippen molar-refractivity contribution >= 4 is 50.7 Å². The number of amides is 1. The van der Waals surface area contributed by atoms with Gasteiger partial charge in [-0.15, -0.1) is 4.40 Å². The summed E-state index contributed by atoms with van der Waals surface area (Å²) in [6.45, 7) is 0.407. The number of halogens is 2. The van der Waals surface area contributed by atoms with Crippen LogP contribution in [0.2, 0.25) is 10.0 Å². The molecule has 2 N–H and O–H groups in total. The maximum atomic E-state index is 12.4. The van der Waals surface area contributed by atoms with E-state index in [2.05, 4.69) is 15.0 Å². The van der Waals surface area contributed by atoms with E-state index in [1.165, 1.54) is 6.07 Å². The number of sulfonamides is 1. The first-order valence-corrected chi connectivity index (χ1v) is 11.6. The van der Waals surface area contributed by atoms with Crippen LogP contribution < -0.4 is 10.6 Å². The Morgan fingerprint density at radius 3 is 2.45 bits per heavy atom. The highest BCUT2D eigenvalue weighted by molar-refractivity contribution is 7.90. The molecule has 4 rings (SSSR count). The average Bonchev–Trinajstić information content (AvgIpc) is 3.02. The molecule has 0 aliphatic carbocycles. The van der Waals surface area contributed by atoms with E-state index in [1.54, 1.807) is 48.5 Å². The van der Waals surface area contributed by atoms with Gasteiger partial charge < -0.3 is 10.6 Å². The van der Waals surface area contributed by atoms with Gasteiger partial charge in [-0.2, -0.15) is 8.42 Å². The van der Waals surface area contributed by atoms with Crippen LogP contribution in [0.5, 0.6) is 0 Å². The number of carbonyl (C=O) groups excluding carboxylic acids is 1. The number of benzene rings is 3. The number of carbonyl (C=O) groups is 1. The van der Waals surface area contributed by atoms with Crippen molar-refractivity contribution in [1.82, 2.24) is 5.32 Å². The molecule has 9 heteroatoms. The van der Waals surface area contributed by atoms with Crippen LogP contribution in [0.15, 0.2) is 76.0 Å². The number of anilines is 1. The molecular formula is C22H17Cl2N3O3S. The summed E-state index contributed by atoms with van der Waals surface area (Å²) in [6.07, 6.45) is 0.554. The van der Waals surface area contributed by atoms with Gasteiger partial charge in [0.1, 0.15) is 4.90 Å². The first kappa shape index (κ1) is 21.4. The van der Waals surface area contributed by atoms with Crippen LogP contribution in [-0.2, 0) is 16.4 Å². The third-order valence-corrected chi connectivity index (χ3v) is 6.95. The molecule has 3 aromatic rings. The minimum Gasteiger partial charge on any atom is -0.352 e. The fraction of sp³-hybridized carbons (Fsp3) is 0.0909. The van der Waals surface area contributed by atoms with Gasteiger partial charge in [-0.1, -0.05) is 47.5 Å². The number of rotatable bonds is 5. The van der Waals surface area contributed by atoms with Crippen LogP contribution in [0.4, 0.5) is 5.69 Å². The van der Waals surface area contributed by atoms with Crippen LogP contribution in [-0.4, -0.2) is 26.7 Å². The lowest BCUT2D eigenvalue weighted by Crippen LogP contribution is -2.25. The molecule has 31 heavy (non-hydrogen) atoms. The van der Waals surface area contributed by atoms with Crippen molar-refractivity contribution in [1.29, 1.82) is 0 Å². The van der Waals surface area contributed by atoms with Crippen molar-refractivity contribution in [2.24, 2.45) is 4.40 Å². The average molecular weight is 474 g/mol. The summed E-state index contributed by atoms with van der Waals surface area (Å²) in [4.78, 5) is 12.6. The van der Waals surface area contributed by atoms with Crippen molar-refractivity contribution in [3.05, 3.63) is 93.5 Å². The van der Waals surface area contributed by atoms with Crippen LogP contribution >= 0.6 is 23.2 Å². The van der Waals surface area contributed by atoms with E-state index in [4.69, 9.17) is 23.2 Å². The molecule has 0 radical (unpaired) electrons. The summed E-state index contributed by atoms with van der Waals surface area (Å²) >= 11 is 12.2. The van der Waals surface area contributed by atoms with Crippen LogP contribution in [0, 0.1) is 0 Å². The Morgan fingerprint density at radius 1 is 0.935 bits per heavy atom. The van der Waals surface area contributed by atoms with Gasteiger partial charge in [-0.05, 0) is 54.4 Å². The van der Waals surface area contributed by atoms with Gasteiger partial charge in [0.2, 0.25) is 0 Å². The molecule has 0 bridgehead atoms.